The van der Waals surface area contributed by atoms with E-state index in [-0.39, 0.29) is 17.4 Å². The molecule has 3 N–H and O–H groups in total. The number of alkyl carbamates (subject to hydrolysis) is 1. The van der Waals surface area contributed by atoms with Crippen molar-refractivity contribution in [2.75, 3.05) is 37.7 Å². The normalized spacial score (nSPS) is 20.2. The summed E-state index contributed by atoms with van der Waals surface area (Å²) >= 11 is 0. The first-order chi connectivity index (χ1) is 11.6. The van der Waals surface area contributed by atoms with E-state index in [0.29, 0.717) is 32.0 Å². The highest BCUT2D eigenvalue weighted by Crippen LogP contribution is 2.18. The third kappa shape index (κ3) is 10.2. The molecule has 25 heavy (non-hydrogen) atoms. The number of aliphatic imine (C=N–C) groups is 1. The van der Waals surface area contributed by atoms with Gasteiger partial charge < -0.3 is 20.7 Å². The van der Waals surface area contributed by atoms with Crippen LogP contribution in [0.1, 0.15) is 40.5 Å². The van der Waals surface area contributed by atoms with Gasteiger partial charge in [-0.3, -0.25) is 4.99 Å². The van der Waals surface area contributed by atoms with Crippen LogP contribution in [0, 0.1) is 5.92 Å². The van der Waals surface area contributed by atoms with Crippen LogP contribution < -0.4 is 16.0 Å². The summed E-state index contributed by atoms with van der Waals surface area (Å²) in [5.41, 5.74) is -0.499. The second-order valence-corrected chi connectivity index (χ2v) is 9.43. The standard InChI is InChI=1S/C16H32N4O4S/c1-5-17-14(20-11-13-7-10-25(22,23)12-13)18-8-6-9-19-15(21)24-16(2,3)4/h13H,5-12H2,1-4H3,(H,19,21)(H2,17,18,20). The molecular weight excluding hydrogens is 344 g/mol. The molecule has 0 aromatic rings. The van der Waals surface area contributed by atoms with Crippen LogP contribution in [0.2, 0.25) is 0 Å². The van der Waals surface area contributed by atoms with Crippen molar-refractivity contribution in [3.8, 4) is 0 Å². The topological polar surface area (TPSA) is 109 Å². The Morgan fingerprint density at radius 1 is 1.20 bits per heavy atom. The second kappa shape index (κ2) is 9.84. The number of guanidine groups is 1. The van der Waals surface area contributed by atoms with Crippen LogP contribution in [-0.2, 0) is 14.6 Å². The fraction of sp³-hybridized carbons (Fsp3) is 0.875. The monoisotopic (exact) mass is 376 g/mol. The molecule has 1 atom stereocenters. The number of sulfone groups is 1. The number of hydrogen-bond acceptors (Lipinski definition) is 5. The molecular formula is C16H32N4O4S. The van der Waals surface area contributed by atoms with Crippen LogP contribution in [0.25, 0.3) is 0 Å². The number of amides is 1. The van der Waals surface area contributed by atoms with Gasteiger partial charge in [-0.15, -0.1) is 0 Å². The molecule has 0 bridgehead atoms. The third-order valence-electron chi connectivity index (χ3n) is 3.49. The molecule has 0 radical (unpaired) electrons. The van der Waals surface area contributed by atoms with Crippen LogP contribution >= 0.6 is 0 Å². The fourth-order valence-electron chi connectivity index (χ4n) is 2.38. The van der Waals surface area contributed by atoms with Gasteiger partial charge in [0.1, 0.15) is 5.60 Å². The minimum Gasteiger partial charge on any atom is -0.444 e. The van der Waals surface area contributed by atoms with Gasteiger partial charge in [-0.25, -0.2) is 13.2 Å². The maximum Gasteiger partial charge on any atom is 0.407 e. The van der Waals surface area contributed by atoms with Gasteiger partial charge >= 0.3 is 6.09 Å². The van der Waals surface area contributed by atoms with Crippen molar-refractivity contribution in [2.24, 2.45) is 10.9 Å². The maximum absolute atomic E-state index is 11.5. The Morgan fingerprint density at radius 3 is 2.44 bits per heavy atom. The lowest BCUT2D eigenvalue weighted by Gasteiger charge is -2.19. The van der Waals surface area contributed by atoms with Crippen molar-refractivity contribution in [1.82, 2.24) is 16.0 Å². The molecule has 0 saturated carbocycles. The van der Waals surface area contributed by atoms with Gasteiger partial charge in [-0.1, -0.05) is 0 Å². The van der Waals surface area contributed by atoms with E-state index in [4.69, 9.17) is 4.74 Å². The molecule has 146 valence electrons. The fourth-order valence-corrected chi connectivity index (χ4v) is 4.23. The predicted octanol–water partition coefficient (Wildman–Crippen LogP) is 0.891. The molecule has 0 aromatic carbocycles. The Hall–Kier alpha value is -1.51. The molecule has 0 spiro atoms. The highest BCUT2D eigenvalue weighted by Gasteiger charge is 2.27. The highest BCUT2D eigenvalue weighted by atomic mass is 32.2. The molecule has 1 saturated heterocycles. The summed E-state index contributed by atoms with van der Waals surface area (Å²) in [5, 5.41) is 9.02. The van der Waals surface area contributed by atoms with Crippen LogP contribution in [0.15, 0.2) is 4.99 Å². The van der Waals surface area contributed by atoms with Crippen LogP contribution in [0.4, 0.5) is 4.79 Å². The predicted molar refractivity (Wildman–Crippen MR) is 99.6 cm³/mol. The molecule has 1 fully saturated rings. The lowest BCUT2D eigenvalue weighted by atomic mass is 10.1. The Morgan fingerprint density at radius 2 is 1.88 bits per heavy atom. The van der Waals surface area contributed by atoms with Crippen molar-refractivity contribution < 1.29 is 17.9 Å². The van der Waals surface area contributed by atoms with Gasteiger partial charge in [0.25, 0.3) is 0 Å². The van der Waals surface area contributed by atoms with Crippen molar-refractivity contribution in [1.29, 1.82) is 0 Å². The Balaban J connectivity index is 2.26. The lowest BCUT2D eigenvalue weighted by Crippen LogP contribution is -2.39. The van der Waals surface area contributed by atoms with Gasteiger partial charge in [-0.05, 0) is 46.5 Å². The van der Waals surface area contributed by atoms with E-state index >= 15 is 0 Å². The molecule has 8 nitrogen and oxygen atoms in total. The smallest absolute Gasteiger partial charge is 0.407 e. The van der Waals surface area contributed by atoms with E-state index in [1.165, 1.54) is 0 Å². The molecule has 1 aliphatic heterocycles. The number of nitrogens with one attached hydrogen (secondary N) is 3. The lowest BCUT2D eigenvalue weighted by molar-refractivity contribution is 0.0527. The van der Waals surface area contributed by atoms with Crippen LogP contribution in [0.5, 0.6) is 0 Å². The first-order valence-corrected chi connectivity index (χ1v) is 10.6. The van der Waals surface area contributed by atoms with Gasteiger partial charge in [-0.2, -0.15) is 0 Å². The first kappa shape index (κ1) is 21.5. The van der Waals surface area contributed by atoms with Gasteiger partial charge in [0.15, 0.2) is 15.8 Å². The summed E-state index contributed by atoms with van der Waals surface area (Å²) in [6.07, 6.45) is 0.988. The van der Waals surface area contributed by atoms with Crippen molar-refractivity contribution in [3.63, 3.8) is 0 Å². The highest BCUT2D eigenvalue weighted by molar-refractivity contribution is 7.91. The minimum absolute atomic E-state index is 0.106. The molecule has 0 aromatic heterocycles. The average Bonchev–Trinajstić information content (AvgIpc) is 2.81. The van der Waals surface area contributed by atoms with Gasteiger partial charge in [0.2, 0.25) is 0 Å². The van der Waals surface area contributed by atoms with Gasteiger partial charge in [0.05, 0.1) is 11.5 Å². The third-order valence-corrected chi connectivity index (χ3v) is 5.33. The van der Waals surface area contributed by atoms with Crippen LogP contribution in [0.3, 0.4) is 0 Å². The summed E-state index contributed by atoms with van der Waals surface area (Å²) in [5.74, 6) is 1.28. The average molecular weight is 377 g/mol. The van der Waals surface area contributed by atoms with Crippen molar-refractivity contribution in [2.45, 2.75) is 46.1 Å². The Kier molecular flexibility index (Phi) is 8.47. The molecule has 9 heteroatoms. The van der Waals surface area contributed by atoms with E-state index in [1.807, 2.05) is 27.7 Å². The molecule has 1 heterocycles. The summed E-state index contributed by atoms with van der Waals surface area (Å²) in [7, 11) is -2.86. The second-order valence-electron chi connectivity index (χ2n) is 7.20. The number of hydrogen-bond donors (Lipinski definition) is 3. The zero-order valence-corrected chi connectivity index (χ0v) is 16.5. The van der Waals surface area contributed by atoms with Crippen molar-refractivity contribution >= 4 is 21.9 Å². The van der Waals surface area contributed by atoms with Gasteiger partial charge in [0, 0.05) is 26.2 Å². The Bertz CT molecular complexity index is 555. The summed E-state index contributed by atoms with van der Waals surface area (Å²) in [4.78, 5) is 16.0. The first-order valence-electron chi connectivity index (χ1n) is 8.81. The number of ether oxygens (including phenoxy) is 1. The summed E-state index contributed by atoms with van der Waals surface area (Å²) < 4.78 is 28.1. The largest absolute Gasteiger partial charge is 0.444 e. The molecule has 1 rings (SSSR count). The van der Waals surface area contributed by atoms with E-state index < -0.39 is 21.5 Å². The number of carbonyl (C=O) groups is 1. The minimum atomic E-state index is -2.86. The van der Waals surface area contributed by atoms with E-state index in [1.54, 1.807) is 0 Å². The number of rotatable bonds is 7. The Labute approximate surface area is 151 Å². The zero-order valence-electron chi connectivity index (χ0n) is 15.7. The maximum atomic E-state index is 11.5. The number of nitrogens with zero attached hydrogens (tertiary/aromatic N) is 1. The summed E-state index contributed by atoms with van der Waals surface area (Å²) in [6, 6.07) is 0. The summed E-state index contributed by atoms with van der Waals surface area (Å²) in [6.45, 7) is 9.82. The van der Waals surface area contributed by atoms with E-state index in [9.17, 15) is 13.2 Å². The van der Waals surface area contributed by atoms with E-state index in [2.05, 4.69) is 20.9 Å². The molecule has 1 amide bonds. The van der Waals surface area contributed by atoms with Crippen molar-refractivity contribution in [3.05, 3.63) is 0 Å². The van der Waals surface area contributed by atoms with E-state index in [0.717, 1.165) is 13.0 Å². The zero-order chi connectivity index (χ0) is 18.9. The van der Waals surface area contributed by atoms with Crippen LogP contribution in [-0.4, -0.2) is 63.8 Å². The molecule has 0 aliphatic carbocycles. The SMILES string of the molecule is CCNC(=NCC1CCS(=O)(=O)C1)NCCCNC(=O)OC(C)(C)C. The molecule has 1 unspecified atom stereocenters. The molecule has 1 aliphatic rings. The number of carbonyl (C=O) groups excluding carboxylic acids is 1. The quantitative estimate of drug-likeness (QED) is 0.346.